The lowest BCUT2D eigenvalue weighted by Gasteiger charge is -2.14. The minimum Gasteiger partial charge on any atom is -0.356 e. The maximum atomic E-state index is 12.6. The van der Waals surface area contributed by atoms with Crippen LogP contribution in [-0.4, -0.2) is 46.7 Å². The Morgan fingerprint density at radius 2 is 1.30 bits per heavy atom. The summed E-state index contributed by atoms with van der Waals surface area (Å²) in [7, 11) is 0. The van der Waals surface area contributed by atoms with Gasteiger partial charge in [0.25, 0.3) is 0 Å². The molecule has 0 fully saturated rings. The first kappa shape index (κ1) is 33.9. The lowest BCUT2D eigenvalue weighted by atomic mass is 10.0. The Bertz CT molecular complexity index is 1740. The Balaban J connectivity index is 0.000000351. The van der Waals surface area contributed by atoms with Gasteiger partial charge in [-0.25, -0.2) is 4.98 Å². The van der Waals surface area contributed by atoms with Gasteiger partial charge >= 0.3 is 0 Å². The van der Waals surface area contributed by atoms with Crippen molar-refractivity contribution in [3.05, 3.63) is 127 Å². The number of likely N-dealkylation sites (N-methyl/N-ethyl adjacent to an activating group) is 1. The molecule has 0 radical (unpaired) electrons. The number of carbonyl (C=O) groups is 4. The number of H-pyrrole nitrogens is 1. The van der Waals surface area contributed by atoms with Crippen LogP contribution in [0.3, 0.4) is 0 Å². The van der Waals surface area contributed by atoms with Gasteiger partial charge in [0, 0.05) is 29.0 Å². The van der Waals surface area contributed by atoms with E-state index < -0.39 is 6.04 Å². The van der Waals surface area contributed by atoms with Crippen molar-refractivity contribution in [2.75, 3.05) is 17.2 Å². The van der Waals surface area contributed by atoms with Crippen LogP contribution < -0.4 is 21.3 Å². The van der Waals surface area contributed by atoms with Gasteiger partial charge in [-0.2, -0.15) is 0 Å². The zero-order valence-electron chi connectivity index (χ0n) is 26.3. The van der Waals surface area contributed by atoms with E-state index in [0.717, 1.165) is 33.6 Å². The minimum atomic E-state index is -0.679. The van der Waals surface area contributed by atoms with Gasteiger partial charge in [-0.1, -0.05) is 84.9 Å². The maximum absolute atomic E-state index is 12.6. The van der Waals surface area contributed by atoms with Crippen LogP contribution in [0.5, 0.6) is 0 Å². The minimum absolute atomic E-state index is 0.0868. The Kier molecular flexibility index (Phi) is 12.6. The monoisotopic (exact) mass is 630 g/mol. The molecule has 1 heterocycles. The van der Waals surface area contributed by atoms with E-state index in [9.17, 15) is 19.2 Å². The summed E-state index contributed by atoms with van der Waals surface area (Å²) in [6.07, 6.45) is 2.96. The fraction of sp³-hybridized carbons (Fsp3) is 0.162. The first-order chi connectivity index (χ1) is 22.9. The summed E-state index contributed by atoms with van der Waals surface area (Å²) in [5.74, 6) is -0.426. The number of carbonyl (C=O) groups excluding carboxylic acids is 4. The molecule has 5 N–H and O–H groups in total. The van der Waals surface area contributed by atoms with Crippen molar-refractivity contribution in [3.8, 4) is 22.5 Å². The van der Waals surface area contributed by atoms with Crippen molar-refractivity contribution in [1.82, 2.24) is 20.6 Å². The van der Waals surface area contributed by atoms with Crippen molar-refractivity contribution in [3.63, 3.8) is 0 Å². The molecule has 5 aromatic rings. The van der Waals surface area contributed by atoms with Gasteiger partial charge in [0.05, 0.1) is 30.6 Å². The van der Waals surface area contributed by atoms with Crippen molar-refractivity contribution < 1.29 is 19.2 Å². The number of anilines is 2. The first-order valence-electron chi connectivity index (χ1n) is 15.3. The van der Waals surface area contributed by atoms with Crippen LogP contribution in [0.25, 0.3) is 22.5 Å². The summed E-state index contributed by atoms with van der Waals surface area (Å²) in [4.78, 5) is 54.1. The van der Waals surface area contributed by atoms with Crippen LogP contribution in [0.4, 0.5) is 11.4 Å². The molecule has 4 amide bonds. The fourth-order valence-electron chi connectivity index (χ4n) is 4.68. The average molecular weight is 631 g/mol. The molecule has 0 bridgehead atoms. The molecule has 0 aliphatic carbocycles. The van der Waals surface area contributed by atoms with Crippen molar-refractivity contribution in [1.29, 1.82) is 0 Å². The standard InChI is InChI=1S/C27H25N5O3.C10H13NO/c1-18(31-24(34)15-19-5-3-2-4-6-19)27(35)32-23-13-9-21(10-14-23)26-25(28-16-29-26)20-7-11-22(12-8-20)30-17-33;1-2-11-10(12)8-9-6-4-3-5-7-9/h2-14,16-18H,15H2,1H3,(H,28,29)(H,30,33)(H,31,34)(H,32,35);3-7H,2,8H2,1H3,(H,11,12)/t18-;/m0./s1. The van der Waals surface area contributed by atoms with Gasteiger partial charge in [0.2, 0.25) is 24.1 Å². The topological polar surface area (TPSA) is 145 Å². The Morgan fingerprint density at radius 3 is 1.87 bits per heavy atom. The molecule has 1 aromatic heterocycles. The molecular formula is C37H38N6O4. The first-order valence-corrected chi connectivity index (χ1v) is 15.3. The van der Waals surface area contributed by atoms with Gasteiger partial charge in [-0.3, -0.25) is 19.2 Å². The third-order valence-electron chi connectivity index (χ3n) is 7.02. The van der Waals surface area contributed by atoms with E-state index in [-0.39, 0.29) is 24.1 Å². The highest BCUT2D eigenvalue weighted by Gasteiger charge is 2.17. The van der Waals surface area contributed by atoms with Gasteiger partial charge in [0.1, 0.15) is 6.04 Å². The van der Waals surface area contributed by atoms with Crippen LogP contribution in [-0.2, 0) is 32.0 Å². The number of imidazole rings is 1. The molecule has 5 rings (SSSR count). The second kappa shape index (κ2) is 17.5. The van der Waals surface area contributed by atoms with E-state index in [1.165, 1.54) is 0 Å². The number of rotatable bonds is 12. The summed E-state index contributed by atoms with van der Waals surface area (Å²) >= 11 is 0. The molecule has 0 spiro atoms. The summed E-state index contributed by atoms with van der Waals surface area (Å²) in [6.45, 7) is 4.27. The van der Waals surface area contributed by atoms with E-state index in [1.807, 2.05) is 91.9 Å². The highest BCUT2D eigenvalue weighted by molar-refractivity contribution is 5.97. The van der Waals surface area contributed by atoms with Crippen LogP contribution in [0.1, 0.15) is 25.0 Å². The zero-order valence-corrected chi connectivity index (χ0v) is 26.3. The van der Waals surface area contributed by atoms with Crippen LogP contribution >= 0.6 is 0 Å². The number of hydrogen-bond donors (Lipinski definition) is 5. The van der Waals surface area contributed by atoms with Gasteiger partial charge in [0.15, 0.2) is 0 Å². The molecular weight excluding hydrogens is 592 g/mol. The molecule has 10 heteroatoms. The lowest BCUT2D eigenvalue weighted by molar-refractivity contribution is -0.125. The SMILES string of the molecule is CCNC(=O)Cc1ccccc1.C[C@H](NC(=O)Cc1ccccc1)C(=O)Nc1ccc(-c2[nH]cnc2-c2ccc(NC=O)cc2)cc1. The molecule has 47 heavy (non-hydrogen) atoms. The van der Waals surface area contributed by atoms with Crippen LogP contribution in [0.2, 0.25) is 0 Å². The average Bonchev–Trinajstić information content (AvgIpc) is 3.57. The number of hydrogen-bond acceptors (Lipinski definition) is 5. The maximum Gasteiger partial charge on any atom is 0.246 e. The van der Waals surface area contributed by atoms with Crippen molar-refractivity contribution in [2.45, 2.75) is 32.7 Å². The summed E-state index contributed by atoms with van der Waals surface area (Å²) < 4.78 is 0. The van der Waals surface area contributed by atoms with E-state index in [2.05, 4.69) is 31.2 Å². The molecule has 0 saturated carbocycles. The van der Waals surface area contributed by atoms with Gasteiger partial charge in [-0.15, -0.1) is 0 Å². The smallest absolute Gasteiger partial charge is 0.246 e. The molecule has 4 aromatic carbocycles. The van der Waals surface area contributed by atoms with E-state index in [0.29, 0.717) is 30.8 Å². The molecule has 0 aliphatic rings. The predicted molar refractivity (Wildman–Crippen MR) is 184 cm³/mol. The number of aromatic nitrogens is 2. The van der Waals surface area contributed by atoms with Crippen LogP contribution in [0.15, 0.2) is 116 Å². The number of amides is 4. The predicted octanol–water partition coefficient (Wildman–Crippen LogP) is 5.36. The third kappa shape index (κ3) is 10.5. The highest BCUT2D eigenvalue weighted by Crippen LogP contribution is 2.30. The van der Waals surface area contributed by atoms with Gasteiger partial charge in [-0.05, 0) is 49.2 Å². The van der Waals surface area contributed by atoms with E-state index in [1.54, 1.807) is 37.5 Å². The Morgan fingerprint density at radius 1 is 0.745 bits per heavy atom. The van der Waals surface area contributed by atoms with Crippen molar-refractivity contribution >= 4 is 35.5 Å². The number of nitrogens with one attached hydrogen (secondary N) is 5. The molecule has 0 aliphatic heterocycles. The fourth-order valence-corrected chi connectivity index (χ4v) is 4.68. The molecule has 240 valence electrons. The Labute approximate surface area is 274 Å². The zero-order chi connectivity index (χ0) is 33.4. The summed E-state index contributed by atoms with van der Waals surface area (Å²) in [5.41, 5.74) is 6.67. The van der Waals surface area contributed by atoms with E-state index in [4.69, 9.17) is 0 Å². The summed E-state index contributed by atoms with van der Waals surface area (Å²) in [5, 5.41) is 10.9. The third-order valence-corrected chi connectivity index (χ3v) is 7.02. The largest absolute Gasteiger partial charge is 0.356 e. The molecule has 0 unspecified atom stereocenters. The molecule has 10 nitrogen and oxygen atoms in total. The molecule has 0 saturated heterocycles. The second-order valence-corrected chi connectivity index (χ2v) is 10.6. The van der Waals surface area contributed by atoms with Gasteiger partial charge < -0.3 is 26.3 Å². The quantitative estimate of drug-likeness (QED) is 0.118. The number of benzene rings is 4. The Hall–Kier alpha value is -6.03. The summed E-state index contributed by atoms with van der Waals surface area (Å²) in [6, 6.07) is 33.2. The molecule has 1 atom stereocenters. The lowest BCUT2D eigenvalue weighted by Crippen LogP contribution is -2.42. The van der Waals surface area contributed by atoms with Crippen molar-refractivity contribution in [2.24, 2.45) is 0 Å². The normalized spacial score (nSPS) is 10.9. The number of nitrogens with zero attached hydrogens (tertiary/aromatic N) is 1. The van der Waals surface area contributed by atoms with Crippen LogP contribution in [0, 0.1) is 0 Å². The number of aromatic amines is 1. The van der Waals surface area contributed by atoms with E-state index >= 15 is 0 Å². The highest BCUT2D eigenvalue weighted by atomic mass is 16.2. The second-order valence-electron chi connectivity index (χ2n) is 10.6.